The molecule has 0 unspecified atom stereocenters. The summed E-state index contributed by atoms with van der Waals surface area (Å²) in [4.78, 5) is 38.1. The molecule has 2 aromatic carbocycles. The van der Waals surface area contributed by atoms with Gasteiger partial charge in [0.15, 0.2) is 0 Å². The Kier molecular flexibility index (Phi) is 4.89. The smallest absolute Gasteiger partial charge is 0.322 e. The fourth-order valence-electron chi connectivity index (χ4n) is 2.85. The second-order valence-electron chi connectivity index (χ2n) is 6.48. The van der Waals surface area contributed by atoms with Gasteiger partial charge in [0.2, 0.25) is 5.91 Å². The summed E-state index contributed by atoms with van der Waals surface area (Å²) in [6.45, 7) is 2.94. The lowest BCUT2D eigenvalue weighted by molar-refractivity contribution is -0.133. The molecule has 6 nitrogen and oxygen atoms in total. The maximum Gasteiger partial charge on any atom is 0.325 e. The standard InChI is InChI=1S/C19H17ClFN3O3/c1-11-3-5-12(6-4-11)19(2)17(26)24(18(27)23-19)10-16(25)22-15-9-13(20)7-8-14(15)21/h3-9H,10H2,1-2H3,(H,22,25)(H,23,27)/t19-/m1/s1. The van der Waals surface area contributed by atoms with Crippen molar-refractivity contribution in [3.8, 4) is 0 Å². The number of carbonyl (C=O) groups is 3. The van der Waals surface area contributed by atoms with Gasteiger partial charge in [-0.05, 0) is 37.6 Å². The third-order valence-corrected chi connectivity index (χ3v) is 4.64. The van der Waals surface area contributed by atoms with Crippen molar-refractivity contribution in [3.63, 3.8) is 0 Å². The van der Waals surface area contributed by atoms with Crippen molar-refractivity contribution in [2.45, 2.75) is 19.4 Å². The van der Waals surface area contributed by atoms with Gasteiger partial charge in [-0.3, -0.25) is 14.5 Å². The number of benzene rings is 2. The number of amides is 4. The molecule has 0 aromatic heterocycles. The van der Waals surface area contributed by atoms with Crippen molar-refractivity contribution < 1.29 is 18.8 Å². The predicted molar refractivity (Wildman–Crippen MR) is 98.8 cm³/mol. The molecule has 3 rings (SSSR count). The zero-order valence-electron chi connectivity index (χ0n) is 14.7. The molecule has 0 aliphatic carbocycles. The number of hydrogen-bond donors (Lipinski definition) is 2. The van der Waals surface area contributed by atoms with E-state index in [9.17, 15) is 18.8 Å². The van der Waals surface area contributed by atoms with Crippen molar-refractivity contribution in [2.75, 3.05) is 11.9 Å². The van der Waals surface area contributed by atoms with Gasteiger partial charge >= 0.3 is 6.03 Å². The van der Waals surface area contributed by atoms with Gasteiger partial charge in [-0.2, -0.15) is 0 Å². The van der Waals surface area contributed by atoms with Crippen molar-refractivity contribution in [1.29, 1.82) is 0 Å². The minimum absolute atomic E-state index is 0.124. The summed E-state index contributed by atoms with van der Waals surface area (Å²) in [5, 5.41) is 5.18. The average Bonchev–Trinajstić information content (AvgIpc) is 2.83. The van der Waals surface area contributed by atoms with Crippen LogP contribution in [0.5, 0.6) is 0 Å². The van der Waals surface area contributed by atoms with E-state index >= 15 is 0 Å². The van der Waals surface area contributed by atoms with E-state index in [1.165, 1.54) is 12.1 Å². The lowest BCUT2D eigenvalue weighted by Gasteiger charge is -2.22. The first kappa shape index (κ1) is 18.8. The van der Waals surface area contributed by atoms with Crippen LogP contribution >= 0.6 is 11.6 Å². The normalized spacial score (nSPS) is 19.2. The number of rotatable bonds is 4. The number of urea groups is 1. The number of aryl methyl sites for hydroxylation is 1. The van der Waals surface area contributed by atoms with Gasteiger partial charge in [0, 0.05) is 5.02 Å². The van der Waals surface area contributed by atoms with E-state index < -0.39 is 35.7 Å². The summed E-state index contributed by atoms with van der Waals surface area (Å²) in [5.74, 6) is -1.94. The Labute approximate surface area is 160 Å². The maximum absolute atomic E-state index is 13.7. The summed E-state index contributed by atoms with van der Waals surface area (Å²) >= 11 is 5.79. The molecule has 140 valence electrons. The topological polar surface area (TPSA) is 78.5 Å². The largest absolute Gasteiger partial charge is 0.325 e. The van der Waals surface area contributed by atoms with E-state index in [4.69, 9.17) is 11.6 Å². The zero-order chi connectivity index (χ0) is 19.8. The number of nitrogens with zero attached hydrogens (tertiary/aromatic N) is 1. The molecule has 0 radical (unpaired) electrons. The molecule has 1 aliphatic heterocycles. The molecule has 4 amide bonds. The molecule has 0 saturated carbocycles. The van der Waals surface area contributed by atoms with Crippen LogP contribution in [0.25, 0.3) is 0 Å². The SMILES string of the molecule is Cc1ccc([C@@]2(C)NC(=O)N(CC(=O)Nc3cc(Cl)ccc3F)C2=O)cc1. The quantitative estimate of drug-likeness (QED) is 0.788. The summed E-state index contributed by atoms with van der Waals surface area (Å²) in [6.07, 6.45) is 0. The van der Waals surface area contributed by atoms with Crippen LogP contribution in [0, 0.1) is 12.7 Å². The van der Waals surface area contributed by atoms with Crippen molar-refractivity contribution in [3.05, 3.63) is 64.4 Å². The monoisotopic (exact) mass is 389 g/mol. The average molecular weight is 390 g/mol. The lowest BCUT2D eigenvalue weighted by atomic mass is 9.91. The van der Waals surface area contributed by atoms with Gasteiger partial charge in [0.1, 0.15) is 17.9 Å². The predicted octanol–water partition coefficient (Wildman–Crippen LogP) is 3.19. The number of anilines is 1. The third-order valence-electron chi connectivity index (χ3n) is 4.41. The number of nitrogens with one attached hydrogen (secondary N) is 2. The first-order chi connectivity index (χ1) is 12.7. The van der Waals surface area contributed by atoms with Gasteiger partial charge in [-0.15, -0.1) is 0 Å². The molecule has 2 aromatic rings. The number of hydrogen-bond acceptors (Lipinski definition) is 3. The molecule has 1 aliphatic rings. The Morgan fingerprint density at radius 3 is 2.56 bits per heavy atom. The van der Waals surface area contributed by atoms with Crippen LogP contribution in [0.3, 0.4) is 0 Å². The van der Waals surface area contributed by atoms with Crippen LogP contribution in [-0.4, -0.2) is 29.3 Å². The van der Waals surface area contributed by atoms with Gasteiger partial charge in [0.05, 0.1) is 5.69 Å². The number of imide groups is 1. The molecule has 0 bridgehead atoms. The Balaban J connectivity index is 1.76. The maximum atomic E-state index is 13.7. The van der Waals surface area contributed by atoms with Gasteiger partial charge in [0.25, 0.3) is 5.91 Å². The first-order valence-corrected chi connectivity index (χ1v) is 8.54. The third kappa shape index (κ3) is 3.64. The van der Waals surface area contributed by atoms with Gasteiger partial charge < -0.3 is 10.6 Å². The van der Waals surface area contributed by atoms with E-state index in [0.29, 0.717) is 5.56 Å². The Morgan fingerprint density at radius 1 is 1.22 bits per heavy atom. The van der Waals surface area contributed by atoms with E-state index in [1.807, 2.05) is 19.1 Å². The molecular formula is C19H17ClFN3O3. The summed E-state index contributed by atoms with van der Waals surface area (Å²) in [6, 6.07) is 10.2. The fraction of sp³-hybridized carbons (Fsp3) is 0.211. The molecule has 0 spiro atoms. The molecule has 2 N–H and O–H groups in total. The number of halogens is 2. The van der Waals surface area contributed by atoms with Crippen LogP contribution in [0.1, 0.15) is 18.1 Å². The first-order valence-electron chi connectivity index (χ1n) is 8.17. The zero-order valence-corrected chi connectivity index (χ0v) is 15.4. The van der Waals surface area contributed by atoms with E-state index in [0.717, 1.165) is 16.5 Å². The molecular weight excluding hydrogens is 373 g/mol. The molecule has 27 heavy (non-hydrogen) atoms. The van der Waals surface area contributed by atoms with Crippen molar-refractivity contribution >= 4 is 35.1 Å². The summed E-state index contributed by atoms with van der Waals surface area (Å²) < 4.78 is 13.7. The van der Waals surface area contributed by atoms with Gasteiger partial charge in [-0.25, -0.2) is 9.18 Å². The van der Waals surface area contributed by atoms with E-state index in [-0.39, 0.29) is 10.7 Å². The lowest BCUT2D eigenvalue weighted by Crippen LogP contribution is -2.42. The molecule has 1 saturated heterocycles. The Bertz CT molecular complexity index is 932. The van der Waals surface area contributed by atoms with Crippen molar-refractivity contribution in [1.82, 2.24) is 10.2 Å². The molecule has 1 fully saturated rings. The Morgan fingerprint density at radius 2 is 1.89 bits per heavy atom. The number of carbonyl (C=O) groups excluding carboxylic acids is 3. The minimum Gasteiger partial charge on any atom is -0.322 e. The highest BCUT2D eigenvalue weighted by Crippen LogP contribution is 2.29. The van der Waals surface area contributed by atoms with Crippen LogP contribution in [0.15, 0.2) is 42.5 Å². The molecule has 8 heteroatoms. The molecule has 1 atom stereocenters. The summed E-state index contributed by atoms with van der Waals surface area (Å²) in [5.41, 5.74) is 0.224. The van der Waals surface area contributed by atoms with Gasteiger partial charge in [-0.1, -0.05) is 41.4 Å². The van der Waals surface area contributed by atoms with E-state index in [1.54, 1.807) is 19.1 Å². The van der Waals surface area contributed by atoms with Crippen LogP contribution in [0.2, 0.25) is 5.02 Å². The highest BCUT2D eigenvalue weighted by Gasteiger charge is 2.49. The Hall–Kier alpha value is -2.93. The highest BCUT2D eigenvalue weighted by atomic mass is 35.5. The second-order valence-corrected chi connectivity index (χ2v) is 6.92. The van der Waals surface area contributed by atoms with Crippen LogP contribution < -0.4 is 10.6 Å². The molecule has 1 heterocycles. The van der Waals surface area contributed by atoms with Crippen LogP contribution in [0.4, 0.5) is 14.9 Å². The van der Waals surface area contributed by atoms with Crippen molar-refractivity contribution in [2.24, 2.45) is 0 Å². The summed E-state index contributed by atoms with van der Waals surface area (Å²) in [7, 11) is 0. The van der Waals surface area contributed by atoms with Crippen LogP contribution in [-0.2, 0) is 15.1 Å². The second kappa shape index (κ2) is 7.00. The minimum atomic E-state index is -1.27. The highest BCUT2D eigenvalue weighted by molar-refractivity contribution is 6.30. The fourth-order valence-corrected chi connectivity index (χ4v) is 3.02. The van der Waals surface area contributed by atoms with E-state index in [2.05, 4.69) is 10.6 Å².